The molecule has 3 atom stereocenters. The Morgan fingerprint density at radius 3 is 2.59 bits per heavy atom. The molecule has 3 amide bonds. The molecular weight excluding hydrogens is 472 g/mol. The third-order valence-corrected chi connectivity index (χ3v) is 8.37. The number of benzene rings is 1. The van der Waals surface area contributed by atoms with Gasteiger partial charge in [0.25, 0.3) is 11.8 Å². The van der Waals surface area contributed by atoms with Gasteiger partial charge >= 0.3 is 0 Å². The number of amides is 3. The van der Waals surface area contributed by atoms with E-state index in [1.807, 2.05) is 12.1 Å². The maximum Gasteiger partial charge on any atom is 0.268 e. The number of likely N-dealkylation sites (N-methyl/N-ethyl adjacent to an activating group) is 1. The van der Waals surface area contributed by atoms with Crippen molar-refractivity contribution < 1.29 is 23.9 Å². The monoisotopic (exact) mass is 504 g/mol. The molecule has 194 valence electrons. The Balaban J connectivity index is 1.06. The van der Waals surface area contributed by atoms with Gasteiger partial charge in [-0.2, -0.15) is 0 Å². The molecule has 2 aromatic rings. The average molecular weight is 505 g/mol. The minimum absolute atomic E-state index is 0.0349. The number of carbonyl (C=O) groups excluding carboxylic acids is 3. The summed E-state index contributed by atoms with van der Waals surface area (Å²) in [6.45, 7) is 3.24. The minimum atomic E-state index is -0.616. The Hall–Kier alpha value is -3.62. The molecule has 1 aromatic heterocycles. The summed E-state index contributed by atoms with van der Waals surface area (Å²) in [6, 6.07) is 9.07. The lowest BCUT2D eigenvalue weighted by atomic mass is 10.1. The van der Waals surface area contributed by atoms with Crippen LogP contribution in [0.1, 0.15) is 42.1 Å². The Bertz CT molecular complexity index is 1230. The van der Waals surface area contributed by atoms with Gasteiger partial charge in [0.1, 0.15) is 18.4 Å². The van der Waals surface area contributed by atoms with E-state index in [4.69, 9.17) is 9.47 Å². The van der Waals surface area contributed by atoms with E-state index in [0.29, 0.717) is 42.4 Å². The van der Waals surface area contributed by atoms with Crippen LogP contribution in [-0.2, 0) is 16.1 Å². The normalized spacial score (nSPS) is 27.8. The molecule has 1 aromatic carbocycles. The number of rotatable bonds is 7. The molecule has 2 saturated carbocycles. The van der Waals surface area contributed by atoms with E-state index in [0.717, 1.165) is 36.2 Å². The second-order valence-corrected chi connectivity index (χ2v) is 10.9. The molecule has 6 rings (SSSR count). The van der Waals surface area contributed by atoms with Crippen LogP contribution in [0, 0.1) is 17.8 Å². The van der Waals surface area contributed by atoms with Gasteiger partial charge in [0.15, 0.2) is 6.10 Å². The van der Waals surface area contributed by atoms with Crippen molar-refractivity contribution in [3.8, 4) is 11.6 Å². The first-order valence-electron chi connectivity index (χ1n) is 13.0. The maximum atomic E-state index is 13.1. The molecule has 0 spiro atoms. The standard InChI is InChI=1S/C28H32N4O5/c1-16-21-11-20(12-22(16)21)37-25-7-6-19(13-29-25)36-24-8-9-32(28(24)35)18-5-4-17-14-31(15-26(33)30(2)3)27(34)23(17)10-18/h4-7,10,13,16,20-22,24H,8-9,11-12,14-15H2,1-3H3/t16?,20?,21?,22?,24-/m1/s1. The van der Waals surface area contributed by atoms with E-state index in [1.54, 1.807) is 43.4 Å². The largest absolute Gasteiger partial charge is 0.479 e. The SMILES string of the molecule is CC1C2CC(Oc3ccc(O[C@@H]4CCN(c5ccc6c(c5)C(=O)N(CC(=O)N(C)C)C6)C4=O)cn3)CC12. The first-order chi connectivity index (χ1) is 17.8. The van der Waals surface area contributed by atoms with Gasteiger partial charge in [0.05, 0.1) is 6.20 Å². The van der Waals surface area contributed by atoms with Crippen LogP contribution in [0.4, 0.5) is 5.69 Å². The lowest BCUT2D eigenvalue weighted by Crippen LogP contribution is -2.36. The molecule has 0 bridgehead atoms. The van der Waals surface area contributed by atoms with Crippen LogP contribution in [-0.4, -0.2) is 71.9 Å². The summed E-state index contributed by atoms with van der Waals surface area (Å²) in [4.78, 5) is 47.2. The van der Waals surface area contributed by atoms with Crippen molar-refractivity contribution in [2.75, 3.05) is 32.1 Å². The molecule has 0 N–H and O–H groups in total. The van der Waals surface area contributed by atoms with Gasteiger partial charge in [-0.15, -0.1) is 0 Å². The maximum absolute atomic E-state index is 13.1. The zero-order valence-electron chi connectivity index (χ0n) is 21.4. The number of hydrogen-bond acceptors (Lipinski definition) is 6. The van der Waals surface area contributed by atoms with E-state index in [-0.39, 0.29) is 30.4 Å². The molecule has 2 aliphatic heterocycles. The van der Waals surface area contributed by atoms with E-state index in [1.165, 1.54) is 9.80 Å². The smallest absolute Gasteiger partial charge is 0.268 e. The Kier molecular flexibility index (Phi) is 5.81. The highest BCUT2D eigenvalue weighted by Crippen LogP contribution is 2.57. The van der Waals surface area contributed by atoms with Crippen LogP contribution >= 0.6 is 0 Å². The number of carbonyl (C=O) groups is 3. The predicted octanol–water partition coefficient (Wildman–Crippen LogP) is 2.73. The molecule has 0 radical (unpaired) electrons. The van der Waals surface area contributed by atoms with Crippen molar-refractivity contribution in [1.82, 2.24) is 14.8 Å². The average Bonchev–Trinajstić information content (AvgIpc) is 3.24. The lowest BCUT2D eigenvalue weighted by molar-refractivity contribution is -0.129. The molecule has 37 heavy (non-hydrogen) atoms. The van der Waals surface area contributed by atoms with Crippen LogP contribution in [0.15, 0.2) is 36.5 Å². The van der Waals surface area contributed by atoms with Crippen LogP contribution < -0.4 is 14.4 Å². The Labute approximate surface area is 216 Å². The highest BCUT2D eigenvalue weighted by Gasteiger charge is 2.54. The zero-order valence-corrected chi connectivity index (χ0v) is 21.4. The first-order valence-corrected chi connectivity index (χ1v) is 13.0. The quantitative estimate of drug-likeness (QED) is 0.576. The van der Waals surface area contributed by atoms with Gasteiger partial charge in [-0.3, -0.25) is 14.4 Å². The van der Waals surface area contributed by atoms with Gasteiger partial charge in [-0.05, 0) is 54.4 Å². The van der Waals surface area contributed by atoms with Gasteiger partial charge in [-0.25, -0.2) is 4.98 Å². The fraction of sp³-hybridized carbons (Fsp3) is 0.500. The van der Waals surface area contributed by atoms with E-state index < -0.39 is 6.10 Å². The lowest BCUT2D eigenvalue weighted by Gasteiger charge is -2.18. The number of anilines is 1. The fourth-order valence-electron chi connectivity index (χ4n) is 6.03. The number of hydrogen-bond donors (Lipinski definition) is 0. The molecule has 3 heterocycles. The Morgan fingerprint density at radius 1 is 1.11 bits per heavy atom. The molecule has 3 fully saturated rings. The van der Waals surface area contributed by atoms with Crippen molar-refractivity contribution in [1.29, 1.82) is 0 Å². The van der Waals surface area contributed by atoms with Crippen molar-refractivity contribution in [2.24, 2.45) is 17.8 Å². The number of aromatic nitrogens is 1. The predicted molar refractivity (Wildman–Crippen MR) is 135 cm³/mol. The van der Waals surface area contributed by atoms with Crippen molar-refractivity contribution >= 4 is 23.4 Å². The third kappa shape index (κ3) is 4.40. The highest BCUT2D eigenvalue weighted by atomic mass is 16.5. The molecule has 1 saturated heterocycles. The molecule has 9 nitrogen and oxygen atoms in total. The molecule has 4 aliphatic rings. The summed E-state index contributed by atoms with van der Waals surface area (Å²) in [5.74, 6) is 3.13. The summed E-state index contributed by atoms with van der Waals surface area (Å²) in [5, 5.41) is 0. The van der Waals surface area contributed by atoms with Gasteiger partial charge in [0, 0.05) is 50.9 Å². The first kappa shape index (κ1) is 23.8. The number of fused-ring (bicyclic) bond motifs is 2. The van der Waals surface area contributed by atoms with Gasteiger partial charge < -0.3 is 24.2 Å². The second kappa shape index (κ2) is 9.04. The van der Waals surface area contributed by atoms with E-state index >= 15 is 0 Å². The number of nitrogens with zero attached hydrogens (tertiary/aromatic N) is 4. The van der Waals surface area contributed by atoms with E-state index in [2.05, 4.69) is 11.9 Å². The summed E-state index contributed by atoms with van der Waals surface area (Å²) in [6.07, 6.45) is 4.00. The van der Waals surface area contributed by atoms with Crippen molar-refractivity contribution in [3.63, 3.8) is 0 Å². The summed E-state index contributed by atoms with van der Waals surface area (Å²) in [5.41, 5.74) is 2.06. The molecule has 2 aliphatic carbocycles. The summed E-state index contributed by atoms with van der Waals surface area (Å²) < 4.78 is 12.0. The topological polar surface area (TPSA) is 92.3 Å². The molecular formula is C28H32N4O5. The van der Waals surface area contributed by atoms with E-state index in [9.17, 15) is 14.4 Å². The number of pyridine rings is 1. The minimum Gasteiger partial charge on any atom is -0.479 e. The fourth-order valence-corrected chi connectivity index (χ4v) is 6.03. The zero-order chi connectivity index (χ0) is 25.8. The Morgan fingerprint density at radius 2 is 1.89 bits per heavy atom. The van der Waals surface area contributed by atoms with Crippen LogP contribution in [0.5, 0.6) is 11.6 Å². The van der Waals surface area contributed by atoms with Crippen LogP contribution in [0.25, 0.3) is 0 Å². The highest BCUT2D eigenvalue weighted by molar-refractivity contribution is 6.03. The summed E-state index contributed by atoms with van der Waals surface area (Å²) in [7, 11) is 3.34. The summed E-state index contributed by atoms with van der Waals surface area (Å²) >= 11 is 0. The number of ether oxygens (including phenoxy) is 2. The van der Waals surface area contributed by atoms with Crippen molar-refractivity contribution in [2.45, 2.75) is 44.9 Å². The second-order valence-electron chi connectivity index (χ2n) is 10.9. The van der Waals surface area contributed by atoms with Crippen LogP contribution in [0.2, 0.25) is 0 Å². The van der Waals surface area contributed by atoms with Gasteiger partial charge in [-0.1, -0.05) is 13.0 Å². The third-order valence-electron chi connectivity index (χ3n) is 8.37. The van der Waals surface area contributed by atoms with Crippen LogP contribution in [0.3, 0.4) is 0 Å². The van der Waals surface area contributed by atoms with Gasteiger partial charge in [0.2, 0.25) is 11.8 Å². The molecule has 2 unspecified atom stereocenters. The van der Waals surface area contributed by atoms with Crippen molar-refractivity contribution in [3.05, 3.63) is 47.7 Å². The molecule has 9 heteroatoms.